The molecule has 0 aliphatic rings. The lowest BCUT2D eigenvalue weighted by Gasteiger charge is -2.14. The molecule has 1 amide bonds. The summed E-state index contributed by atoms with van der Waals surface area (Å²) in [4.78, 5) is 17.5. The maximum Gasteiger partial charge on any atom is 0.246 e. The van der Waals surface area contributed by atoms with E-state index < -0.39 is 0 Å². The van der Waals surface area contributed by atoms with Crippen molar-refractivity contribution in [1.82, 2.24) is 9.88 Å². The highest BCUT2D eigenvalue weighted by molar-refractivity contribution is 5.87. The Hall–Kier alpha value is -1.90. The van der Waals surface area contributed by atoms with Crippen molar-refractivity contribution in [2.24, 2.45) is 0 Å². The van der Waals surface area contributed by atoms with Gasteiger partial charge in [0.25, 0.3) is 0 Å². The first-order chi connectivity index (χ1) is 8.24. The second-order valence-corrected chi connectivity index (χ2v) is 3.72. The van der Waals surface area contributed by atoms with Crippen molar-refractivity contribution in [2.45, 2.75) is 13.3 Å². The predicted molar refractivity (Wildman–Crippen MR) is 69.5 cm³/mol. The Morgan fingerprint density at radius 1 is 1.41 bits per heavy atom. The van der Waals surface area contributed by atoms with E-state index in [4.69, 9.17) is 0 Å². The fourth-order valence-electron chi connectivity index (χ4n) is 1.31. The minimum atomic E-state index is 0.0130. The Labute approximate surface area is 102 Å². The Morgan fingerprint density at radius 3 is 2.88 bits per heavy atom. The molecule has 1 aromatic heterocycles. The summed E-state index contributed by atoms with van der Waals surface area (Å²) in [5.74, 6) is 0.0130. The Balaban J connectivity index is 2.39. The van der Waals surface area contributed by atoms with Crippen LogP contribution in [0.3, 0.4) is 0 Å². The first-order valence-electron chi connectivity index (χ1n) is 5.68. The number of hydrogen-bond acceptors (Lipinski definition) is 2. The van der Waals surface area contributed by atoms with Crippen molar-refractivity contribution in [3.63, 3.8) is 0 Å². The number of rotatable bonds is 5. The van der Waals surface area contributed by atoms with Crippen molar-refractivity contribution in [3.05, 3.63) is 54.4 Å². The van der Waals surface area contributed by atoms with Crippen LogP contribution in [0.2, 0.25) is 0 Å². The topological polar surface area (TPSA) is 33.2 Å². The van der Waals surface area contributed by atoms with E-state index in [9.17, 15) is 4.79 Å². The molecule has 0 fully saturated rings. The van der Waals surface area contributed by atoms with E-state index in [0.717, 1.165) is 12.1 Å². The molecular weight excluding hydrogens is 212 g/mol. The van der Waals surface area contributed by atoms with Gasteiger partial charge in [-0.05, 0) is 19.1 Å². The maximum absolute atomic E-state index is 11.6. The minimum Gasteiger partial charge on any atom is -0.342 e. The van der Waals surface area contributed by atoms with Gasteiger partial charge in [0.15, 0.2) is 0 Å². The average molecular weight is 230 g/mol. The van der Waals surface area contributed by atoms with Gasteiger partial charge in [-0.25, -0.2) is 0 Å². The van der Waals surface area contributed by atoms with Gasteiger partial charge >= 0.3 is 0 Å². The van der Waals surface area contributed by atoms with E-state index in [1.165, 1.54) is 0 Å². The van der Waals surface area contributed by atoms with Crippen LogP contribution in [0, 0.1) is 0 Å². The first-order valence-corrected chi connectivity index (χ1v) is 5.68. The zero-order chi connectivity index (χ0) is 12.5. The average Bonchev–Trinajstić information content (AvgIpc) is 2.37. The molecule has 1 rings (SSSR count). The van der Waals surface area contributed by atoms with Gasteiger partial charge in [0.05, 0.1) is 0 Å². The van der Waals surface area contributed by atoms with E-state index in [2.05, 4.69) is 4.98 Å². The summed E-state index contributed by atoms with van der Waals surface area (Å²) in [6, 6.07) is 5.81. The van der Waals surface area contributed by atoms with Gasteiger partial charge in [-0.15, -0.1) is 0 Å². The molecule has 1 heterocycles. The van der Waals surface area contributed by atoms with Crippen LogP contribution in [0.5, 0.6) is 0 Å². The van der Waals surface area contributed by atoms with Crippen LogP contribution < -0.4 is 0 Å². The molecule has 1 aromatic rings. The van der Waals surface area contributed by atoms with Gasteiger partial charge in [0.1, 0.15) is 0 Å². The number of nitrogens with zero attached hydrogens (tertiary/aromatic N) is 2. The van der Waals surface area contributed by atoms with Gasteiger partial charge < -0.3 is 4.90 Å². The fourth-order valence-corrected chi connectivity index (χ4v) is 1.31. The molecule has 17 heavy (non-hydrogen) atoms. The standard InChI is InChI=1S/C14H18N2O/c1-3-4-5-9-14(17)16(2)12-10-13-8-6-7-11-15-13/h3-9,11H,10,12H2,1-2H3/b4-3+,9-5+. The Morgan fingerprint density at radius 2 is 2.24 bits per heavy atom. The smallest absolute Gasteiger partial charge is 0.246 e. The minimum absolute atomic E-state index is 0.0130. The highest BCUT2D eigenvalue weighted by Crippen LogP contribution is 1.97. The Kier molecular flexibility index (Phi) is 5.72. The highest BCUT2D eigenvalue weighted by atomic mass is 16.2. The second kappa shape index (κ2) is 7.39. The molecule has 0 bridgehead atoms. The summed E-state index contributed by atoms with van der Waals surface area (Å²) in [5.41, 5.74) is 1.00. The molecule has 0 unspecified atom stereocenters. The molecule has 0 saturated heterocycles. The molecule has 3 nitrogen and oxygen atoms in total. The lowest BCUT2D eigenvalue weighted by molar-refractivity contribution is -0.124. The van der Waals surface area contributed by atoms with Crippen LogP contribution in [0.15, 0.2) is 48.7 Å². The summed E-state index contributed by atoms with van der Waals surface area (Å²) in [7, 11) is 1.80. The van der Waals surface area contributed by atoms with Gasteiger partial charge in [0, 0.05) is 38.0 Å². The number of hydrogen-bond donors (Lipinski definition) is 0. The molecule has 90 valence electrons. The second-order valence-electron chi connectivity index (χ2n) is 3.72. The molecule has 0 radical (unpaired) electrons. The largest absolute Gasteiger partial charge is 0.342 e. The molecule has 0 aliphatic heterocycles. The van der Waals surface area contributed by atoms with Crippen LogP contribution in [0.1, 0.15) is 12.6 Å². The molecule has 0 aliphatic carbocycles. The number of carbonyl (C=O) groups excluding carboxylic acids is 1. The molecule has 0 aromatic carbocycles. The lowest BCUT2D eigenvalue weighted by Crippen LogP contribution is -2.27. The van der Waals surface area contributed by atoms with Crippen LogP contribution in [0.25, 0.3) is 0 Å². The molecule has 0 N–H and O–H groups in total. The van der Waals surface area contributed by atoms with E-state index in [1.54, 1.807) is 30.3 Å². The summed E-state index contributed by atoms with van der Waals surface area (Å²) in [6.07, 6.45) is 9.59. The quantitative estimate of drug-likeness (QED) is 0.574. The normalized spacial score (nSPS) is 11.2. The first kappa shape index (κ1) is 13.2. The summed E-state index contributed by atoms with van der Waals surface area (Å²) >= 11 is 0. The van der Waals surface area contributed by atoms with E-state index in [0.29, 0.717) is 6.54 Å². The van der Waals surface area contributed by atoms with Crippen molar-refractivity contribution < 1.29 is 4.79 Å². The number of aromatic nitrogens is 1. The number of likely N-dealkylation sites (N-methyl/N-ethyl adjacent to an activating group) is 1. The van der Waals surface area contributed by atoms with Gasteiger partial charge in [-0.1, -0.05) is 24.3 Å². The zero-order valence-electron chi connectivity index (χ0n) is 10.3. The van der Waals surface area contributed by atoms with Gasteiger partial charge in [-0.2, -0.15) is 0 Å². The summed E-state index contributed by atoms with van der Waals surface area (Å²) in [5, 5.41) is 0. The third-order valence-electron chi connectivity index (χ3n) is 2.35. The fraction of sp³-hybridized carbons (Fsp3) is 0.286. The van der Waals surface area contributed by atoms with Gasteiger partial charge in [-0.3, -0.25) is 9.78 Å². The number of pyridine rings is 1. The van der Waals surface area contributed by atoms with Crippen molar-refractivity contribution in [1.29, 1.82) is 0 Å². The van der Waals surface area contributed by atoms with Crippen molar-refractivity contribution in [2.75, 3.05) is 13.6 Å². The molecule has 3 heteroatoms. The van der Waals surface area contributed by atoms with Crippen molar-refractivity contribution >= 4 is 5.91 Å². The van der Waals surface area contributed by atoms with E-state index in [1.807, 2.05) is 37.3 Å². The lowest BCUT2D eigenvalue weighted by atomic mass is 10.2. The van der Waals surface area contributed by atoms with E-state index in [-0.39, 0.29) is 5.91 Å². The maximum atomic E-state index is 11.6. The van der Waals surface area contributed by atoms with Crippen LogP contribution in [0.4, 0.5) is 0 Å². The molecular formula is C14H18N2O. The van der Waals surface area contributed by atoms with Crippen LogP contribution in [-0.2, 0) is 11.2 Å². The monoisotopic (exact) mass is 230 g/mol. The van der Waals surface area contributed by atoms with E-state index >= 15 is 0 Å². The van der Waals surface area contributed by atoms with Gasteiger partial charge in [0.2, 0.25) is 5.91 Å². The highest BCUT2D eigenvalue weighted by Gasteiger charge is 2.04. The van der Waals surface area contributed by atoms with Crippen LogP contribution in [-0.4, -0.2) is 29.4 Å². The number of amides is 1. The summed E-state index contributed by atoms with van der Waals surface area (Å²) < 4.78 is 0. The predicted octanol–water partition coefficient (Wildman–Crippen LogP) is 2.21. The summed E-state index contributed by atoms with van der Waals surface area (Å²) in [6.45, 7) is 2.59. The molecule has 0 saturated carbocycles. The molecule has 0 atom stereocenters. The van der Waals surface area contributed by atoms with Crippen molar-refractivity contribution in [3.8, 4) is 0 Å². The zero-order valence-corrected chi connectivity index (χ0v) is 10.3. The third kappa shape index (κ3) is 5.11. The third-order valence-corrected chi connectivity index (χ3v) is 2.35. The Bertz CT molecular complexity index is 396. The molecule has 0 spiro atoms. The number of carbonyl (C=O) groups is 1. The number of allylic oxidation sites excluding steroid dienone is 3. The van der Waals surface area contributed by atoms with Crippen LogP contribution >= 0.6 is 0 Å². The SMILES string of the molecule is C/C=C/C=C/C(=O)N(C)CCc1ccccn1.